The fraction of sp³-hybridized carbons (Fsp3) is 0.263. The van der Waals surface area contributed by atoms with Gasteiger partial charge in [-0.1, -0.05) is 12.1 Å². The number of guanidine groups is 1. The molecule has 3 aromatic rings. The van der Waals surface area contributed by atoms with E-state index in [4.69, 9.17) is 5.73 Å². The van der Waals surface area contributed by atoms with Gasteiger partial charge in [0.2, 0.25) is 0 Å². The topological polar surface area (TPSA) is 67.7 Å². The number of nitrogens with zero attached hydrogens (tertiary/aromatic N) is 3. The van der Waals surface area contributed by atoms with Crippen LogP contribution in [0.2, 0.25) is 0 Å². The van der Waals surface area contributed by atoms with Gasteiger partial charge in [0.15, 0.2) is 5.96 Å². The minimum absolute atomic E-state index is 0.429. The number of imidazole rings is 1. The smallest absolute Gasteiger partial charge is 0.193 e. The first-order chi connectivity index (χ1) is 11.5. The van der Waals surface area contributed by atoms with E-state index in [0.29, 0.717) is 12.5 Å². The first-order valence-electron chi connectivity index (χ1n) is 8.10. The van der Waals surface area contributed by atoms with Crippen molar-refractivity contribution in [2.45, 2.75) is 27.2 Å². The molecule has 0 aliphatic carbocycles. The summed E-state index contributed by atoms with van der Waals surface area (Å²) in [4.78, 5) is 9.04. The predicted molar refractivity (Wildman–Crippen MR) is 99.7 cm³/mol. The van der Waals surface area contributed by atoms with E-state index in [1.54, 1.807) is 0 Å². The summed E-state index contributed by atoms with van der Waals surface area (Å²) in [6.45, 7) is 6.84. The number of hydrogen-bond donors (Lipinski definition) is 2. The molecule has 5 heteroatoms. The summed E-state index contributed by atoms with van der Waals surface area (Å²) in [5, 5.41) is 3.13. The number of pyridine rings is 1. The van der Waals surface area contributed by atoms with Crippen LogP contribution < -0.4 is 11.1 Å². The highest BCUT2D eigenvalue weighted by Crippen LogP contribution is 2.14. The third-order valence-electron chi connectivity index (χ3n) is 4.16. The van der Waals surface area contributed by atoms with Crippen LogP contribution in [0.3, 0.4) is 0 Å². The van der Waals surface area contributed by atoms with Gasteiger partial charge in [0, 0.05) is 31.0 Å². The van der Waals surface area contributed by atoms with E-state index in [0.717, 1.165) is 23.4 Å². The molecule has 124 valence electrons. The second-order valence-electron chi connectivity index (χ2n) is 6.10. The molecule has 5 nitrogen and oxygen atoms in total. The van der Waals surface area contributed by atoms with Gasteiger partial charge in [0.25, 0.3) is 0 Å². The van der Waals surface area contributed by atoms with Gasteiger partial charge < -0.3 is 15.5 Å². The summed E-state index contributed by atoms with van der Waals surface area (Å²) in [6, 6.07) is 10.2. The maximum atomic E-state index is 5.97. The van der Waals surface area contributed by atoms with Crippen LogP contribution in [0, 0.1) is 20.8 Å². The largest absolute Gasteiger partial charge is 0.370 e. The van der Waals surface area contributed by atoms with Gasteiger partial charge in [-0.15, -0.1) is 0 Å². The van der Waals surface area contributed by atoms with Crippen LogP contribution in [0.1, 0.15) is 22.4 Å². The van der Waals surface area contributed by atoms with Crippen molar-refractivity contribution in [2.75, 3.05) is 11.9 Å². The Hall–Kier alpha value is -2.82. The molecule has 1 aromatic carbocycles. The summed E-state index contributed by atoms with van der Waals surface area (Å²) < 4.78 is 2.05. The second-order valence-corrected chi connectivity index (χ2v) is 6.10. The van der Waals surface area contributed by atoms with Crippen LogP contribution >= 0.6 is 0 Å². The van der Waals surface area contributed by atoms with E-state index in [1.165, 1.54) is 16.7 Å². The average Bonchev–Trinajstić information content (AvgIpc) is 2.95. The van der Waals surface area contributed by atoms with Crippen LogP contribution in [0.15, 0.2) is 47.7 Å². The zero-order valence-corrected chi connectivity index (χ0v) is 14.4. The number of hydrogen-bond acceptors (Lipinski definition) is 2. The molecule has 0 fully saturated rings. The first-order valence-corrected chi connectivity index (χ1v) is 8.10. The molecule has 24 heavy (non-hydrogen) atoms. The molecule has 0 aliphatic rings. The van der Waals surface area contributed by atoms with Crippen molar-refractivity contribution < 1.29 is 0 Å². The quantitative estimate of drug-likeness (QED) is 0.572. The number of nitrogens with one attached hydrogen (secondary N) is 1. The molecule has 0 spiro atoms. The maximum absolute atomic E-state index is 5.97. The number of rotatable bonds is 4. The highest BCUT2D eigenvalue weighted by molar-refractivity contribution is 5.92. The van der Waals surface area contributed by atoms with Crippen LogP contribution in [0.5, 0.6) is 0 Å². The van der Waals surface area contributed by atoms with Crippen molar-refractivity contribution in [1.29, 1.82) is 0 Å². The fourth-order valence-corrected chi connectivity index (χ4v) is 2.62. The monoisotopic (exact) mass is 321 g/mol. The molecule has 0 saturated carbocycles. The lowest BCUT2D eigenvalue weighted by Crippen LogP contribution is -2.23. The number of anilines is 1. The van der Waals surface area contributed by atoms with Crippen LogP contribution in [0.4, 0.5) is 5.69 Å². The Morgan fingerprint density at radius 3 is 2.75 bits per heavy atom. The van der Waals surface area contributed by atoms with Crippen molar-refractivity contribution in [2.24, 2.45) is 10.7 Å². The van der Waals surface area contributed by atoms with Crippen molar-refractivity contribution in [3.05, 3.63) is 65.1 Å². The Kier molecular flexibility index (Phi) is 4.51. The van der Waals surface area contributed by atoms with Crippen molar-refractivity contribution in [1.82, 2.24) is 9.38 Å². The predicted octanol–water partition coefficient (Wildman–Crippen LogP) is 3.23. The van der Waals surface area contributed by atoms with Crippen LogP contribution in [-0.2, 0) is 6.42 Å². The molecule has 0 aliphatic heterocycles. The Morgan fingerprint density at radius 2 is 2.00 bits per heavy atom. The molecule has 0 saturated heterocycles. The van der Waals surface area contributed by atoms with Crippen molar-refractivity contribution >= 4 is 17.3 Å². The highest BCUT2D eigenvalue weighted by atomic mass is 15.1. The van der Waals surface area contributed by atoms with Gasteiger partial charge in [0.1, 0.15) is 5.65 Å². The van der Waals surface area contributed by atoms with Gasteiger partial charge >= 0.3 is 0 Å². The maximum Gasteiger partial charge on any atom is 0.193 e. The Morgan fingerprint density at radius 1 is 1.17 bits per heavy atom. The summed E-state index contributed by atoms with van der Waals surface area (Å²) in [7, 11) is 0. The van der Waals surface area contributed by atoms with Crippen molar-refractivity contribution in [3.63, 3.8) is 0 Å². The molecule has 0 amide bonds. The Balaban J connectivity index is 1.62. The molecular formula is C19H23N5. The van der Waals surface area contributed by atoms with E-state index in [-0.39, 0.29) is 0 Å². The molecule has 0 unspecified atom stereocenters. The van der Waals surface area contributed by atoms with E-state index < -0.39 is 0 Å². The van der Waals surface area contributed by atoms with E-state index in [9.17, 15) is 0 Å². The van der Waals surface area contributed by atoms with Crippen LogP contribution in [0.25, 0.3) is 5.65 Å². The molecule has 0 radical (unpaired) electrons. The fourth-order valence-electron chi connectivity index (χ4n) is 2.62. The second kappa shape index (κ2) is 6.74. The van der Waals surface area contributed by atoms with Gasteiger partial charge in [-0.05, 0) is 55.7 Å². The van der Waals surface area contributed by atoms with Gasteiger partial charge in [-0.25, -0.2) is 4.98 Å². The highest BCUT2D eigenvalue weighted by Gasteiger charge is 2.03. The Bertz CT molecular complexity index is 892. The van der Waals surface area contributed by atoms with Crippen LogP contribution in [-0.4, -0.2) is 21.9 Å². The normalized spacial score (nSPS) is 11.9. The summed E-state index contributed by atoms with van der Waals surface area (Å²) in [5.74, 6) is 0.429. The average molecular weight is 321 g/mol. The number of benzene rings is 1. The lowest BCUT2D eigenvalue weighted by atomic mass is 10.1. The molecule has 2 heterocycles. The zero-order chi connectivity index (χ0) is 17.1. The first kappa shape index (κ1) is 16.1. The third-order valence-corrected chi connectivity index (χ3v) is 4.16. The minimum Gasteiger partial charge on any atom is -0.370 e. The third kappa shape index (κ3) is 3.56. The SMILES string of the molecule is Cc1ccc(NC(N)=NCCc2cn3cccc(C)c3n2)cc1C. The zero-order valence-electron chi connectivity index (χ0n) is 14.4. The van der Waals surface area contributed by atoms with Gasteiger partial charge in [-0.3, -0.25) is 4.99 Å². The summed E-state index contributed by atoms with van der Waals surface area (Å²) in [6.07, 6.45) is 4.82. The standard InChI is InChI=1S/C19H23N5/c1-13-6-7-16(11-15(13)3)23-19(20)21-9-8-17-12-24-10-4-5-14(2)18(24)22-17/h4-7,10-12H,8-9H2,1-3H3,(H3,20,21,23). The van der Waals surface area contributed by atoms with Gasteiger partial charge in [0.05, 0.1) is 5.69 Å². The summed E-state index contributed by atoms with van der Waals surface area (Å²) in [5.41, 5.74) is 12.6. The van der Waals surface area contributed by atoms with E-state index in [1.807, 2.05) is 28.9 Å². The molecule has 0 bridgehead atoms. The minimum atomic E-state index is 0.429. The summed E-state index contributed by atoms with van der Waals surface area (Å²) >= 11 is 0. The van der Waals surface area contributed by atoms with E-state index >= 15 is 0 Å². The molecule has 3 rings (SSSR count). The molecule has 0 atom stereocenters. The number of aryl methyl sites for hydroxylation is 3. The number of fused-ring (bicyclic) bond motifs is 1. The lowest BCUT2D eigenvalue weighted by molar-refractivity contribution is 0.934. The lowest BCUT2D eigenvalue weighted by Gasteiger charge is -2.07. The van der Waals surface area contributed by atoms with E-state index in [2.05, 4.69) is 54.3 Å². The molecule has 2 aromatic heterocycles. The molecule has 3 N–H and O–H groups in total. The molecular weight excluding hydrogens is 298 g/mol. The number of aromatic nitrogens is 2. The van der Waals surface area contributed by atoms with Crippen molar-refractivity contribution in [3.8, 4) is 0 Å². The number of nitrogens with two attached hydrogens (primary N) is 1. The Labute approximate surface area is 142 Å². The number of aliphatic imine (C=N–C) groups is 1. The van der Waals surface area contributed by atoms with Gasteiger partial charge in [-0.2, -0.15) is 0 Å².